The van der Waals surface area contributed by atoms with Crippen LogP contribution < -0.4 is 10.5 Å². The summed E-state index contributed by atoms with van der Waals surface area (Å²) in [5.41, 5.74) is 2.87. The van der Waals surface area contributed by atoms with Crippen LogP contribution >= 0.6 is 11.3 Å². The Labute approximate surface area is 195 Å². The highest BCUT2D eigenvalue weighted by Gasteiger charge is 2.27. The summed E-state index contributed by atoms with van der Waals surface area (Å²) in [6, 6.07) is 13.8. The molecule has 0 aliphatic carbocycles. The van der Waals surface area contributed by atoms with Gasteiger partial charge < -0.3 is 9.64 Å². The standard InChI is InChI=1S/C25H23N5O2S/c1-15-7-6-10-30-22(15)28-23(29-13-16(2)32-17(3)14-29)19(25(30)31)11-18(12-26)24-27-20-8-4-5-9-21(20)33-24/h4-11,16-17H,13-14H2,1-3H3/b18-11+/t16-,17-/m1/s1. The average Bonchev–Trinajstić information content (AvgIpc) is 3.22. The lowest BCUT2D eigenvalue weighted by Crippen LogP contribution is -2.46. The third-order valence-corrected chi connectivity index (χ3v) is 6.79. The number of morpholine rings is 1. The summed E-state index contributed by atoms with van der Waals surface area (Å²) >= 11 is 1.44. The van der Waals surface area contributed by atoms with Crippen molar-refractivity contribution in [2.45, 2.75) is 33.0 Å². The van der Waals surface area contributed by atoms with Crippen LogP contribution in [0.4, 0.5) is 5.82 Å². The van der Waals surface area contributed by atoms with Gasteiger partial charge in [-0.1, -0.05) is 18.2 Å². The van der Waals surface area contributed by atoms with E-state index in [2.05, 4.69) is 16.0 Å². The van der Waals surface area contributed by atoms with Crippen molar-refractivity contribution in [2.24, 2.45) is 0 Å². The molecule has 5 rings (SSSR count). The molecule has 4 aromatic rings. The number of anilines is 1. The molecule has 1 saturated heterocycles. The zero-order valence-electron chi connectivity index (χ0n) is 18.6. The van der Waals surface area contributed by atoms with Crippen molar-refractivity contribution in [3.05, 3.63) is 69.1 Å². The molecular weight excluding hydrogens is 434 g/mol. The lowest BCUT2D eigenvalue weighted by atomic mass is 10.1. The first-order valence-electron chi connectivity index (χ1n) is 10.8. The van der Waals surface area contributed by atoms with Gasteiger partial charge in [0.15, 0.2) is 0 Å². The van der Waals surface area contributed by atoms with E-state index in [1.54, 1.807) is 16.7 Å². The quantitative estimate of drug-likeness (QED) is 0.427. The maximum absolute atomic E-state index is 13.7. The molecule has 4 heterocycles. The minimum atomic E-state index is -0.209. The number of para-hydroxylation sites is 1. The summed E-state index contributed by atoms with van der Waals surface area (Å²) in [6.07, 6.45) is 3.36. The van der Waals surface area contributed by atoms with E-state index in [1.165, 1.54) is 11.3 Å². The molecule has 0 bridgehead atoms. The van der Waals surface area contributed by atoms with Crippen LogP contribution in [-0.2, 0) is 4.74 Å². The molecule has 8 heteroatoms. The number of nitriles is 1. The van der Waals surface area contributed by atoms with Crippen molar-refractivity contribution in [2.75, 3.05) is 18.0 Å². The molecule has 1 fully saturated rings. The molecule has 33 heavy (non-hydrogen) atoms. The smallest absolute Gasteiger partial charge is 0.267 e. The van der Waals surface area contributed by atoms with E-state index in [-0.39, 0.29) is 17.8 Å². The Morgan fingerprint density at radius 2 is 1.94 bits per heavy atom. The Morgan fingerprint density at radius 1 is 1.18 bits per heavy atom. The lowest BCUT2D eigenvalue weighted by Gasteiger charge is -2.36. The predicted molar refractivity (Wildman–Crippen MR) is 132 cm³/mol. The number of ether oxygens (including phenoxy) is 1. The summed E-state index contributed by atoms with van der Waals surface area (Å²) in [5.74, 6) is 0.574. The van der Waals surface area contributed by atoms with Crippen LogP contribution in [0.2, 0.25) is 0 Å². The van der Waals surface area contributed by atoms with Crippen LogP contribution in [-0.4, -0.2) is 39.7 Å². The average molecular weight is 458 g/mol. The SMILES string of the molecule is Cc1cccn2c(=O)c(/C=C(\C#N)c3nc4ccccc4s3)c(N3C[C@@H](C)O[C@H](C)C3)nc12. The molecule has 0 saturated carbocycles. The Hall–Kier alpha value is -3.54. The van der Waals surface area contributed by atoms with Gasteiger partial charge in [-0.2, -0.15) is 5.26 Å². The van der Waals surface area contributed by atoms with Crippen molar-refractivity contribution >= 4 is 44.7 Å². The minimum Gasteiger partial charge on any atom is -0.372 e. The molecule has 0 radical (unpaired) electrons. The van der Waals surface area contributed by atoms with E-state index < -0.39 is 0 Å². The molecule has 0 N–H and O–H groups in total. The Kier molecular flexibility index (Phi) is 5.44. The molecule has 7 nitrogen and oxygen atoms in total. The zero-order valence-corrected chi connectivity index (χ0v) is 19.5. The molecule has 0 amide bonds. The molecule has 1 aromatic carbocycles. The Bertz CT molecular complexity index is 1450. The molecule has 166 valence electrons. The molecule has 0 spiro atoms. The van der Waals surface area contributed by atoms with Gasteiger partial charge in [-0.15, -0.1) is 11.3 Å². The van der Waals surface area contributed by atoms with Crippen molar-refractivity contribution in [3.8, 4) is 6.07 Å². The maximum Gasteiger partial charge on any atom is 0.267 e. The molecule has 0 unspecified atom stereocenters. The second-order valence-corrected chi connectivity index (χ2v) is 9.39. The number of hydrogen-bond donors (Lipinski definition) is 0. The third-order valence-electron chi connectivity index (χ3n) is 5.72. The van der Waals surface area contributed by atoms with E-state index in [1.807, 2.05) is 57.2 Å². The van der Waals surface area contributed by atoms with Gasteiger partial charge in [0.05, 0.1) is 33.6 Å². The number of pyridine rings is 1. The zero-order chi connectivity index (χ0) is 23.1. The second-order valence-electron chi connectivity index (χ2n) is 8.36. The predicted octanol–water partition coefficient (Wildman–Crippen LogP) is 4.29. The monoisotopic (exact) mass is 457 g/mol. The third kappa shape index (κ3) is 3.90. The van der Waals surface area contributed by atoms with E-state index in [0.29, 0.717) is 40.7 Å². The second kappa shape index (κ2) is 8.43. The number of rotatable bonds is 3. The summed E-state index contributed by atoms with van der Waals surface area (Å²) in [6.45, 7) is 7.19. The van der Waals surface area contributed by atoms with Crippen LogP contribution in [0.1, 0.15) is 30.0 Å². The van der Waals surface area contributed by atoms with Crippen molar-refractivity contribution in [3.63, 3.8) is 0 Å². The Balaban J connectivity index is 1.74. The van der Waals surface area contributed by atoms with Crippen molar-refractivity contribution in [1.29, 1.82) is 5.26 Å². The van der Waals surface area contributed by atoms with Gasteiger partial charge in [-0.05, 0) is 50.6 Å². The molecule has 2 atom stereocenters. The largest absolute Gasteiger partial charge is 0.372 e. The first-order chi connectivity index (χ1) is 15.9. The fourth-order valence-electron chi connectivity index (χ4n) is 4.29. The van der Waals surface area contributed by atoms with Crippen LogP contribution in [0.15, 0.2) is 47.4 Å². The molecule has 1 aliphatic rings. The Morgan fingerprint density at radius 3 is 2.67 bits per heavy atom. The summed E-state index contributed by atoms with van der Waals surface area (Å²) in [5, 5.41) is 10.6. The fourth-order valence-corrected chi connectivity index (χ4v) is 5.22. The van der Waals surface area contributed by atoms with Crippen molar-refractivity contribution < 1.29 is 4.74 Å². The topological polar surface area (TPSA) is 83.5 Å². The number of benzene rings is 1. The van der Waals surface area contributed by atoms with Gasteiger partial charge >= 0.3 is 0 Å². The number of allylic oxidation sites excluding steroid dienone is 1. The highest BCUT2D eigenvalue weighted by Crippen LogP contribution is 2.30. The van der Waals surface area contributed by atoms with Crippen LogP contribution in [0.25, 0.3) is 27.5 Å². The van der Waals surface area contributed by atoms with Crippen LogP contribution in [0.5, 0.6) is 0 Å². The molecule has 1 aliphatic heterocycles. The molecule has 3 aromatic heterocycles. The van der Waals surface area contributed by atoms with E-state index in [9.17, 15) is 10.1 Å². The van der Waals surface area contributed by atoms with E-state index >= 15 is 0 Å². The number of aryl methyl sites for hydroxylation is 1. The highest BCUT2D eigenvalue weighted by molar-refractivity contribution is 7.19. The van der Waals surface area contributed by atoms with Gasteiger partial charge in [0.25, 0.3) is 5.56 Å². The maximum atomic E-state index is 13.7. The molecular formula is C25H23N5O2S. The first-order valence-corrected chi connectivity index (χ1v) is 11.7. The van der Waals surface area contributed by atoms with Crippen LogP contribution in [0, 0.1) is 18.3 Å². The van der Waals surface area contributed by atoms with Gasteiger partial charge in [-0.3, -0.25) is 9.20 Å². The van der Waals surface area contributed by atoms with Gasteiger partial charge in [-0.25, -0.2) is 9.97 Å². The number of nitrogens with zero attached hydrogens (tertiary/aromatic N) is 5. The van der Waals surface area contributed by atoms with E-state index in [0.717, 1.165) is 15.8 Å². The van der Waals surface area contributed by atoms with Crippen molar-refractivity contribution in [1.82, 2.24) is 14.4 Å². The number of aromatic nitrogens is 3. The first kappa shape index (κ1) is 21.3. The van der Waals surface area contributed by atoms with E-state index in [4.69, 9.17) is 9.72 Å². The number of fused-ring (bicyclic) bond motifs is 2. The number of hydrogen-bond acceptors (Lipinski definition) is 7. The van der Waals surface area contributed by atoms with Crippen LogP contribution in [0.3, 0.4) is 0 Å². The summed E-state index contributed by atoms with van der Waals surface area (Å²) < 4.78 is 8.44. The lowest BCUT2D eigenvalue weighted by molar-refractivity contribution is -0.00546. The summed E-state index contributed by atoms with van der Waals surface area (Å²) in [4.78, 5) is 25.3. The number of thiazole rings is 1. The summed E-state index contributed by atoms with van der Waals surface area (Å²) in [7, 11) is 0. The van der Waals surface area contributed by atoms with Gasteiger partial charge in [0.2, 0.25) is 0 Å². The minimum absolute atomic E-state index is 0.00222. The van der Waals surface area contributed by atoms with Gasteiger partial charge in [0, 0.05) is 19.3 Å². The fraction of sp³-hybridized carbons (Fsp3) is 0.280. The highest BCUT2D eigenvalue weighted by atomic mass is 32.1. The normalized spacial score (nSPS) is 19.2. The van der Waals surface area contributed by atoms with Gasteiger partial charge in [0.1, 0.15) is 22.5 Å².